The van der Waals surface area contributed by atoms with Crippen LogP contribution < -0.4 is 10.6 Å². The van der Waals surface area contributed by atoms with E-state index >= 15 is 0 Å². The molecule has 1 amide bonds. The van der Waals surface area contributed by atoms with Crippen molar-refractivity contribution in [1.29, 1.82) is 0 Å². The predicted octanol–water partition coefficient (Wildman–Crippen LogP) is 2.09. The molecule has 3 heterocycles. The topological polar surface area (TPSA) is 145 Å². The first-order valence-electron chi connectivity index (χ1n) is 12.1. The third kappa shape index (κ3) is 7.74. The quantitative estimate of drug-likeness (QED) is 0.295. The van der Waals surface area contributed by atoms with Crippen molar-refractivity contribution < 1.29 is 24.5 Å². The molecule has 0 unspecified atom stereocenters. The van der Waals surface area contributed by atoms with Crippen LogP contribution in [0.5, 0.6) is 5.75 Å². The van der Waals surface area contributed by atoms with E-state index in [0.717, 1.165) is 50.5 Å². The molecule has 0 atom stereocenters. The van der Waals surface area contributed by atoms with E-state index < -0.39 is 0 Å². The number of methoxy groups -OCH3 is 1. The fourth-order valence-electron chi connectivity index (χ4n) is 4.01. The highest BCUT2D eigenvalue weighted by Gasteiger charge is 2.19. The molecule has 1 aliphatic rings. The van der Waals surface area contributed by atoms with E-state index in [1.165, 1.54) is 24.6 Å². The number of piperazine rings is 1. The summed E-state index contributed by atoms with van der Waals surface area (Å²) in [6.45, 7) is 9.58. The average molecular weight is 546 g/mol. The minimum Gasteiger partial charge on any atom is -0.508 e. The van der Waals surface area contributed by atoms with Crippen molar-refractivity contribution in [2.75, 3.05) is 57.1 Å². The second-order valence-corrected chi connectivity index (χ2v) is 9.86. The average Bonchev–Trinajstić information content (AvgIpc) is 3.52. The number of aromatic hydroxyl groups is 1. The Hall–Kier alpha value is -3.52. The number of aliphatic hydroxyl groups excluding tert-OH is 1. The van der Waals surface area contributed by atoms with Crippen LogP contribution in [-0.2, 0) is 23.1 Å². The molecule has 4 N–H and O–H groups in total. The molecule has 0 aliphatic carbocycles. The zero-order chi connectivity index (χ0) is 27.7. The SMILES string of the molecule is COC=O.Cc1ccc(O)c(C)c1NC(=O)c1cnc(Nc2cc(CN3CCN(CCO)CC3)n(C)n2)s1. The molecule has 1 aliphatic heterocycles. The number of hydrogen-bond donors (Lipinski definition) is 4. The number of phenolic OH excluding ortho intramolecular Hbond substituents is 1. The van der Waals surface area contributed by atoms with Crippen molar-refractivity contribution in [2.24, 2.45) is 7.05 Å². The van der Waals surface area contributed by atoms with Crippen LogP contribution in [0.3, 0.4) is 0 Å². The molecule has 3 aromatic rings. The van der Waals surface area contributed by atoms with Crippen LogP contribution in [0, 0.1) is 13.8 Å². The van der Waals surface area contributed by atoms with Gasteiger partial charge in [0.25, 0.3) is 12.4 Å². The Kier molecular flexibility index (Phi) is 10.6. The summed E-state index contributed by atoms with van der Waals surface area (Å²) in [6, 6.07) is 5.39. The second-order valence-electron chi connectivity index (χ2n) is 8.83. The number of carbonyl (C=O) groups excluding carboxylic acids is 2. The van der Waals surface area contributed by atoms with E-state index in [4.69, 9.17) is 9.90 Å². The smallest absolute Gasteiger partial charge is 0.292 e. The van der Waals surface area contributed by atoms with Crippen molar-refractivity contribution in [3.8, 4) is 5.75 Å². The van der Waals surface area contributed by atoms with E-state index in [1.54, 1.807) is 19.1 Å². The van der Waals surface area contributed by atoms with Gasteiger partial charge in [-0.3, -0.25) is 24.1 Å². The van der Waals surface area contributed by atoms with Gasteiger partial charge < -0.3 is 25.6 Å². The summed E-state index contributed by atoms with van der Waals surface area (Å²) in [7, 11) is 3.23. The molecule has 0 spiro atoms. The molecule has 2 aromatic heterocycles. The summed E-state index contributed by atoms with van der Waals surface area (Å²) in [6.07, 6.45) is 1.53. The van der Waals surface area contributed by atoms with E-state index in [2.05, 4.69) is 35.3 Å². The molecule has 1 saturated heterocycles. The van der Waals surface area contributed by atoms with E-state index in [0.29, 0.717) is 33.5 Å². The largest absolute Gasteiger partial charge is 0.508 e. The second kappa shape index (κ2) is 13.9. The lowest BCUT2D eigenvalue weighted by Crippen LogP contribution is -2.46. The molecule has 12 nitrogen and oxygen atoms in total. The Balaban J connectivity index is 0.000000934. The number of carbonyl (C=O) groups is 2. The van der Waals surface area contributed by atoms with Gasteiger partial charge in [0, 0.05) is 57.9 Å². The Labute approximate surface area is 225 Å². The number of nitrogens with one attached hydrogen (secondary N) is 2. The van der Waals surface area contributed by atoms with Gasteiger partial charge in [-0.25, -0.2) is 4.98 Å². The Bertz CT molecular complexity index is 1220. The molecule has 0 bridgehead atoms. The maximum Gasteiger partial charge on any atom is 0.292 e. The van der Waals surface area contributed by atoms with E-state index in [-0.39, 0.29) is 18.3 Å². The number of rotatable bonds is 9. The Morgan fingerprint density at radius 1 is 1.21 bits per heavy atom. The maximum atomic E-state index is 12.7. The number of nitrogens with zero attached hydrogens (tertiary/aromatic N) is 5. The Morgan fingerprint density at radius 3 is 2.55 bits per heavy atom. The zero-order valence-electron chi connectivity index (χ0n) is 22.1. The highest BCUT2D eigenvalue weighted by Crippen LogP contribution is 2.29. The van der Waals surface area contributed by atoms with Gasteiger partial charge in [0.2, 0.25) is 0 Å². The molecule has 1 aromatic carbocycles. The van der Waals surface area contributed by atoms with Gasteiger partial charge in [0.1, 0.15) is 10.6 Å². The number of benzene rings is 1. The number of aromatic nitrogens is 3. The van der Waals surface area contributed by atoms with E-state index in [9.17, 15) is 9.90 Å². The van der Waals surface area contributed by atoms with Gasteiger partial charge in [0.05, 0.1) is 31.3 Å². The first kappa shape index (κ1) is 29.0. The summed E-state index contributed by atoms with van der Waals surface area (Å²) in [5, 5.41) is 30.3. The van der Waals surface area contributed by atoms with Crippen LogP contribution in [0.4, 0.5) is 16.6 Å². The summed E-state index contributed by atoms with van der Waals surface area (Å²) in [5.74, 6) is 0.548. The van der Waals surface area contributed by atoms with Gasteiger partial charge in [-0.1, -0.05) is 17.4 Å². The predicted molar refractivity (Wildman–Crippen MR) is 146 cm³/mol. The number of ether oxygens (including phenoxy) is 1. The van der Waals surface area contributed by atoms with Crippen molar-refractivity contribution >= 4 is 40.4 Å². The lowest BCUT2D eigenvalue weighted by molar-refractivity contribution is -0.126. The van der Waals surface area contributed by atoms with Crippen LogP contribution in [0.2, 0.25) is 0 Å². The molecule has 4 rings (SSSR count). The zero-order valence-corrected chi connectivity index (χ0v) is 22.9. The molecular formula is C25H35N7O5S. The third-order valence-corrected chi connectivity index (χ3v) is 7.10. The van der Waals surface area contributed by atoms with Crippen molar-refractivity contribution in [3.63, 3.8) is 0 Å². The lowest BCUT2D eigenvalue weighted by atomic mass is 10.1. The van der Waals surface area contributed by atoms with Crippen LogP contribution >= 0.6 is 11.3 Å². The lowest BCUT2D eigenvalue weighted by Gasteiger charge is -2.34. The number of thiazole rings is 1. The minimum atomic E-state index is -0.274. The molecule has 1 fully saturated rings. The fourth-order valence-corrected chi connectivity index (χ4v) is 4.72. The highest BCUT2D eigenvalue weighted by molar-refractivity contribution is 7.17. The van der Waals surface area contributed by atoms with Gasteiger partial charge in [-0.2, -0.15) is 5.10 Å². The molecule has 13 heteroatoms. The van der Waals surface area contributed by atoms with Gasteiger partial charge >= 0.3 is 0 Å². The van der Waals surface area contributed by atoms with Crippen LogP contribution in [0.1, 0.15) is 26.5 Å². The van der Waals surface area contributed by atoms with Crippen molar-refractivity contribution in [2.45, 2.75) is 20.4 Å². The molecule has 206 valence electrons. The summed E-state index contributed by atoms with van der Waals surface area (Å²) in [4.78, 5) is 31.1. The molecular weight excluding hydrogens is 510 g/mol. The summed E-state index contributed by atoms with van der Waals surface area (Å²) < 4.78 is 5.72. The van der Waals surface area contributed by atoms with Gasteiger partial charge in [0.15, 0.2) is 10.9 Å². The third-order valence-electron chi connectivity index (χ3n) is 6.19. The standard InChI is InChI=1S/C23H31N7O3S.C2H4O2/c1-15-4-5-18(32)16(2)21(15)26-22(33)19-13-24-23(34-19)25-20-12-17(28(3)27-20)14-30-8-6-29(7-9-30)10-11-31;1-4-2-3/h4-5,12-13,31-32H,6-11,14H2,1-3H3,(H,26,33)(H,24,25,27);2H,1H3. The summed E-state index contributed by atoms with van der Waals surface area (Å²) in [5.41, 5.74) is 3.20. The number of β-amino-alcohol motifs (C(OH)–C–C–N with tert-alkyl or cyclic N) is 1. The number of amides is 1. The summed E-state index contributed by atoms with van der Waals surface area (Å²) >= 11 is 1.24. The maximum absolute atomic E-state index is 12.7. The number of phenols is 1. The normalized spacial score (nSPS) is 13.9. The van der Waals surface area contributed by atoms with E-state index in [1.807, 2.05) is 24.7 Å². The van der Waals surface area contributed by atoms with Crippen LogP contribution in [0.25, 0.3) is 0 Å². The number of aliphatic hydroxyl groups is 1. The van der Waals surface area contributed by atoms with Crippen molar-refractivity contribution in [1.82, 2.24) is 24.6 Å². The first-order valence-corrected chi connectivity index (χ1v) is 13.0. The number of aryl methyl sites for hydroxylation is 2. The molecule has 0 saturated carbocycles. The highest BCUT2D eigenvalue weighted by atomic mass is 32.1. The Morgan fingerprint density at radius 2 is 1.89 bits per heavy atom. The molecule has 0 radical (unpaired) electrons. The monoisotopic (exact) mass is 545 g/mol. The van der Waals surface area contributed by atoms with Gasteiger partial charge in [-0.15, -0.1) is 0 Å². The first-order chi connectivity index (χ1) is 18.2. The van der Waals surface area contributed by atoms with Crippen LogP contribution in [0.15, 0.2) is 24.4 Å². The fraction of sp³-hybridized carbons (Fsp3) is 0.440. The number of anilines is 3. The number of hydrogen-bond acceptors (Lipinski definition) is 11. The van der Waals surface area contributed by atoms with Gasteiger partial charge in [-0.05, 0) is 25.5 Å². The molecule has 38 heavy (non-hydrogen) atoms. The minimum absolute atomic E-state index is 0.144. The van der Waals surface area contributed by atoms with Crippen LogP contribution in [-0.4, -0.2) is 93.6 Å². The van der Waals surface area contributed by atoms with Crippen molar-refractivity contribution in [3.05, 3.63) is 46.1 Å².